The van der Waals surface area contributed by atoms with Crippen LogP contribution >= 0.6 is 11.6 Å². The van der Waals surface area contributed by atoms with Gasteiger partial charge in [-0.15, -0.1) is 0 Å². The Bertz CT molecular complexity index is 459. The number of halogens is 1. The molecule has 2 heterocycles. The summed E-state index contributed by atoms with van der Waals surface area (Å²) in [7, 11) is 1.68. The second-order valence-electron chi connectivity index (χ2n) is 4.15. The number of β-amino-alcohol motifs (C(OH)–C–C–N with tert-alkyl or cyclic N) is 2. The topological polar surface area (TPSA) is 85.7 Å². The highest BCUT2D eigenvalue weighted by Crippen LogP contribution is 2.21. The molecule has 1 aromatic heterocycles. The number of amides is 1. The molecule has 1 amide bonds. The van der Waals surface area contributed by atoms with Gasteiger partial charge in [-0.05, 0) is 6.07 Å². The van der Waals surface area contributed by atoms with Gasteiger partial charge in [0.25, 0.3) is 5.91 Å². The van der Waals surface area contributed by atoms with Crippen LogP contribution in [-0.4, -0.2) is 58.3 Å². The molecule has 2 atom stereocenters. The maximum Gasteiger partial charge on any atom is 0.255 e. The van der Waals surface area contributed by atoms with Gasteiger partial charge in [-0.3, -0.25) is 4.79 Å². The number of carbonyl (C=O) groups excluding carboxylic acids is 1. The number of aliphatic hydroxyl groups excluding tert-OH is 2. The first-order valence-electron chi connectivity index (χ1n) is 5.51. The number of likely N-dealkylation sites (tertiary alicyclic amines) is 1. The Labute approximate surface area is 109 Å². The van der Waals surface area contributed by atoms with E-state index in [9.17, 15) is 15.0 Å². The van der Waals surface area contributed by atoms with Crippen LogP contribution in [0.2, 0.25) is 5.02 Å². The van der Waals surface area contributed by atoms with E-state index in [1.165, 1.54) is 17.2 Å². The molecule has 0 spiro atoms. The van der Waals surface area contributed by atoms with Crippen molar-refractivity contribution in [1.29, 1.82) is 0 Å². The summed E-state index contributed by atoms with van der Waals surface area (Å²) in [5, 5.41) is 22.0. The first-order chi connectivity index (χ1) is 8.52. The Hall–Kier alpha value is -1.37. The maximum absolute atomic E-state index is 12.1. The predicted molar refractivity (Wildman–Crippen MR) is 66.7 cm³/mol. The lowest BCUT2D eigenvalue weighted by Gasteiger charge is -2.15. The maximum atomic E-state index is 12.1. The molecule has 1 aliphatic rings. The number of carbonyl (C=O) groups is 1. The Morgan fingerprint density at radius 2 is 2.11 bits per heavy atom. The van der Waals surface area contributed by atoms with Gasteiger partial charge < -0.3 is 20.4 Å². The van der Waals surface area contributed by atoms with Crippen molar-refractivity contribution in [1.82, 2.24) is 9.88 Å². The molecule has 2 unspecified atom stereocenters. The number of nitrogens with zero attached hydrogens (tertiary/aromatic N) is 2. The van der Waals surface area contributed by atoms with Crippen molar-refractivity contribution in [2.24, 2.45) is 0 Å². The van der Waals surface area contributed by atoms with Gasteiger partial charge in [-0.2, -0.15) is 0 Å². The molecule has 1 fully saturated rings. The number of rotatable bonds is 2. The van der Waals surface area contributed by atoms with Crippen LogP contribution in [0.5, 0.6) is 0 Å². The third kappa shape index (κ3) is 2.40. The number of nitrogens with one attached hydrogen (secondary N) is 1. The van der Waals surface area contributed by atoms with Gasteiger partial charge in [-0.1, -0.05) is 11.6 Å². The van der Waals surface area contributed by atoms with Gasteiger partial charge in [-0.25, -0.2) is 4.98 Å². The molecule has 1 aromatic rings. The van der Waals surface area contributed by atoms with Crippen molar-refractivity contribution in [3.8, 4) is 0 Å². The summed E-state index contributed by atoms with van der Waals surface area (Å²) >= 11 is 5.94. The van der Waals surface area contributed by atoms with Crippen LogP contribution in [0.4, 0.5) is 5.82 Å². The monoisotopic (exact) mass is 271 g/mol. The van der Waals surface area contributed by atoms with Crippen LogP contribution in [0.1, 0.15) is 10.4 Å². The van der Waals surface area contributed by atoms with E-state index < -0.39 is 12.2 Å². The van der Waals surface area contributed by atoms with Crippen molar-refractivity contribution in [3.63, 3.8) is 0 Å². The minimum absolute atomic E-state index is 0.116. The molecule has 7 heteroatoms. The average Bonchev–Trinajstić information content (AvgIpc) is 2.68. The normalized spacial score (nSPS) is 23.2. The van der Waals surface area contributed by atoms with E-state index in [4.69, 9.17) is 11.6 Å². The summed E-state index contributed by atoms with van der Waals surface area (Å²) in [5.74, 6) is 0.192. The Balaban J connectivity index is 2.17. The summed E-state index contributed by atoms with van der Waals surface area (Å²) in [4.78, 5) is 17.5. The average molecular weight is 272 g/mol. The Kier molecular flexibility index (Phi) is 3.70. The van der Waals surface area contributed by atoms with Gasteiger partial charge in [0.1, 0.15) is 5.82 Å². The first kappa shape index (κ1) is 13.1. The molecule has 2 rings (SSSR count). The molecule has 0 bridgehead atoms. The number of pyridine rings is 1. The lowest BCUT2D eigenvalue weighted by molar-refractivity contribution is 0.0572. The molecule has 3 N–H and O–H groups in total. The van der Waals surface area contributed by atoms with Gasteiger partial charge in [0, 0.05) is 26.3 Å². The fraction of sp³-hybridized carbons (Fsp3) is 0.455. The molecule has 18 heavy (non-hydrogen) atoms. The second-order valence-corrected chi connectivity index (χ2v) is 4.56. The summed E-state index contributed by atoms with van der Waals surface area (Å²) in [6, 6.07) is 1.51. The Morgan fingerprint density at radius 1 is 1.50 bits per heavy atom. The van der Waals surface area contributed by atoms with Crippen molar-refractivity contribution in [2.45, 2.75) is 12.2 Å². The van der Waals surface area contributed by atoms with E-state index in [2.05, 4.69) is 10.3 Å². The minimum Gasteiger partial charge on any atom is -0.388 e. The molecule has 0 radical (unpaired) electrons. The highest BCUT2D eigenvalue weighted by molar-refractivity contribution is 6.33. The Morgan fingerprint density at radius 3 is 2.61 bits per heavy atom. The third-order valence-electron chi connectivity index (χ3n) is 2.87. The lowest BCUT2D eigenvalue weighted by Crippen LogP contribution is -2.29. The molecule has 6 nitrogen and oxygen atoms in total. The smallest absolute Gasteiger partial charge is 0.255 e. The van der Waals surface area contributed by atoms with Crippen LogP contribution in [0.15, 0.2) is 12.3 Å². The van der Waals surface area contributed by atoms with Gasteiger partial charge in [0.2, 0.25) is 0 Å². The minimum atomic E-state index is -0.894. The van der Waals surface area contributed by atoms with E-state index in [1.54, 1.807) is 7.05 Å². The first-order valence-corrected chi connectivity index (χ1v) is 5.89. The van der Waals surface area contributed by atoms with Crippen LogP contribution in [0.3, 0.4) is 0 Å². The zero-order chi connectivity index (χ0) is 13.3. The van der Waals surface area contributed by atoms with Crippen molar-refractivity contribution < 1.29 is 15.0 Å². The van der Waals surface area contributed by atoms with E-state index >= 15 is 0 Å². The van der Waals surface area contributed by atoms with Crippen molar-refractivity contribution in [3.05, 3.63) is 22.8 Å². The van der Waals surface area contributed by atoms with Gasteiger partial charge in [0.05, 0.1) is 22.8 Å². The molecule has 0 saturated carbocycles. The van der Waals surface area contributed by atoms with E-state index in [-0.39, 0.29) is 19.0 Å². The molecule has 0 aliphatic carbocycles. The van der Waals surface area contributed by atoms with Crippen LogP contribution < -0.4 is 5.32 Å². The number of anilines is 1. The standard InChI is InChI=1S/C11H14ClN3O3/c1-13-10-7(12)2-6(3-14-10)11(18)15-4-8(16)9(17)5-15/h2-3,8-9,16-17H,4-5H2,1H3,(H,13,14). The summed E-state index contributed by atoms with van der Waals surface area (Å²) in [6.45, 7) is 0.233. The lowest BCUT2D eigenvalue weighted by atomic mass is 10.2. The van der Waals surface area contributed by atoms with Gasteiger partial charge in [0.15, 0.2) is 0 Å². The van der Waals surface area contributed by atoms with Crippen molar-refractivity contribution in [2.75, 3.05) is 25.5 Å². The predicted octanol–water partition coefficient (Wildman–Crippen LogP) is -0.0457. The SMILES string of the molecule is CNc1ncc(C(=O)N2CC(O)C(O)C2)cc1Cl. The van der Waals surface area contributed by atoms with E-state index in [0.29, 0.717) is 16.4 Å². The van der Waals surface area contributed by atoms with Gasteiger partial charge >= 0.3 is 0 Å². The summed E-state index contributed by atoms with van der Waals surface area (Å²) < 4.78 is 0. The van der Waals surface area contributed by atoms with Crippen LogP contribution in [-0.2, 0) is 0 Å². The van der Waals surface area contributed by atoms with E-state index in [1.807, 2.05) is 0 Å². The molecule has 1 aliphatic heterocycles. The quantitative estimate of drug-likeness (QED) is 0.702. The molecular weight excluding hydrogens is 258 g/mol. The summed E-state index contributed by atoms with van der Waals surface area (Å²) in [5.41, 5.74) is 0.334. The number of aliphatic hydroxyl groups is 2. The zero-order valence-corrected chi connectivity index (χ0v) is 10.6. The van der Waals surface area contributed by atoms with Crippen LogP contribution in [0, 0.1) is 0 Å². The highest BCUT2D eigenvalue weighted by Gasteiger charge is 2.33. The molecule has 1 saturated heterocycles. The zero-order valence-electron chi connectivity index (χ0n) is 9.80. The summed E-state index contributed by atoms with van der Waals surface area (Å²) in [6.07, 6.45) is -0.375. The fourth-order valence-corrected chi connectivity index (χ4v) is 2.12. The number of hydrogen-bond donors (Lipinski definition) is 3. The molecule has 0 aromatic carbocycles. The van der Waals surface area contributed by atoms with E-state index in [0.717, 1.165) is 0 Å². The fourth-order valence-electron chi connectivity index (χ4n) is 1.86. The second kappa shape index (κ2) is 5.09. The third-order valence-corrected chi connectivity index (χ3v) is 3.16. The largest absolute Gasteiger partial charge is 0.388 e. The molecular formula is C11H14ClN3O3. The van der Waals surface area contributed by atoms with Crippen LogP contribution in [0.25, 0.3) is 0 Å². The number of aromatic nitrogens is 1. The highest BCUT2D eigenvalue weighted by atomic mass is 35.5. The molecule has 98 valence electrons. The number of hydrogen-bond acceptors (Lipinski definition) is 5. The van der Waals surface area contributed by atoms with Crippen molar-refractivity contribution >= 4 is 23.3 Å².